The van der Waals surface area contributed by atoms with Crippen molar-refractivity contribution in [2.75, 3.05) is 4.90 Å². The molecule has 0 fully saturated rings. The second kappa shape index (κ2) is 12.1. The lowest BCUT2D eigenvalue weighted by Crippen LogP contribution is -2.10. The van der Waals surface area contributed by atoms with Gasteiger partial charge in [-0.3, -0.25) is 0 Å². The molecule has 0 amide bonds. The molecule has 0 spiro atoms. The summed E-state index contributed by atoms with van der Waals surface area (Å²) in [5.41, 5.74) is 11.8. The molecule has 2 heterocycles. The van der Waals surface area contributed by atoms with Crippen molar-refractivity contribution in [2.24, 2.45) is 0 Å². The number of aromatic nitrogens is 1. The van der Waals surface area contributed by atoms with Gasteiger partial charge in [-0.05, 0) is 76.2 Å². The highest BCUT2D eigenvalue weighted by molar-refractivity contribution is 7.22. The summed E-state index contributed by atoms with van der Waals surface area (Å²) < 4.78 is 7.56. The van der Waals surface area contributed by atoms with Crippen molar-refractivity contribution in [1.29, 1.82) is 0 Å². The average Bonchev–Trinajstić information content (AvgIpc) is 3.82. The lowest BCUT2D eigenvalue weighted by atomic mass is 9.97. The zero-order valence-corrected chi connectivity index (χ0v) is 28.3. The molecule has 0 saturated heterocycles. The number of hydrogen-bond acceptors (Lipinski definition) is 4. The van der Waals surface area contributed by atoms with Gasteiger partial charge in [0.15, 0.2) is 0 Å². The summed E-state index contributed by atoms with van der Waals surface area (Å²) in [7, 11) is 0. The first-order valence-corrected chi connectivity index (χ1v) is 17.9. The largest absolute Gasteiger partial charge is 0.456 e. The molecular weight excluding hydrogens is 641 g/mol. The van der Waals surface area contributed by atoms with Crippen LogP contribution in [0.5, 0.6) is 0 Å². The van der Waals surface area contributed by atoms with E-state index in [1.54, 1.807) is 11.3 Å². The van der Waals surface area contributed by atoms with Crippen LogP contribution in [0.15, 0.2) is 186 Å². The highest BCUT2D eigenvalue weighted by Gasteiger charge is 2.20. The Morgan fingerprint density at radius 3 is 1.75 bits per heavy atom. The molecular formula is C47H30N2OS. The quantitative estimate of drug-likeness (QED) is 0.176. The Morgan fingerprint density at radius 1 is 0.451 bits per heavy atom. The third-order valence-electron chi connectivity index (χ3n) is 9.71. The summed E-state index contributed by atoms with van der Waals surface area (Å²) in [6, 6.07) is 64.4. The molecule has 10 rings (SSSR count). The van der Waals surface area contributed by atoms with Gasteiger partial charge in [-0.15, -0.1) is 11.3 Å². The number of hydrogen-bond donors (Lipinski definition) is 0. The van der Waals surface area contributed by atoms with Crippen molar-refractivity contribution in [3.63, 3.8) is 0 Å². The van der Waals surface area contributed by atoms with Crippen molar-refractivity contribution < 1.29 is 4.42 Å². The van der Waals surface area contributed by atoms with Crippen molar-refractivity contribution in [3.8, 4) is 32.8 Å². The van der Waals surface area contributed by atoms with Crippen molar-refractivity contribution in [2.45, 2.75) is 0 Å². The molecule has 0 atom stereocenters. The van der Waals surface area contributed by atoms with Crippen LogP contribution in [0.2, 0.25) is 0 Å². The summed E-state index contributed by atoms with van der Waals surface area (Å²) >= 11 is 1.76. The van der Waals surface area contributed by atoms with E-state index in [0.717, 1.165) is 60.7 Å². The Balaban J connectivity index is 1.12. The van der Waals surface area contributed by atoms with Crippen LogP contribution in [0.25, 0.3) is 75.8 Å². The van der Waals surface area contributed by atoms with Crippen molar-refractivity contribution >= 4 is 71.3 Å². The molecule has 0 aliphatic rings. The normalized spacial score (nSPS) is 11.5. The van der Waals surface area contributed by atoms with Crippen LogP contribution in [-0.4, -0.2) is 4.98 Å². The minimum Gasteiger partial charge on any atom is -0.456 e. The summed E-state index contributed by atoms with van der Waals surface area (Å²) in [6.07, 6.45) is 0. The molecule has 0 saturated carbocycles. The number of anilines is 3. The fourth-order valence-electron chi connectivity index (χ4n) is 7.29. The predicted molar refractivity (Wildman–Crippen MR) is 215 cm³/mol. The molecule has 0 bridgehead atoms. The van der Waals surface area contributed by atoms with E-state index in [1.165, 1.54) is 32.2 Å². The van der Waals surface area contributed by atoms with Gasteiger partial charge < -0.3 is 9.32 Å². The Kier molecular flexibility index (Phi) is 7.00. The third-order valence-corrected chi connectivity index (χ3v) is 10.9. The highest BCUT2D eigenvalue weighted by atomic mass is 32.1. The summed E-state index contributed by atoms with van der Waals surface area (Å²) in [6.45, 7) is 0. The molecule has 51 heavy (non-hydrogen) atoms. The molecule has 10 aromatic rings. The van der Waals surface area contributed by atoms with Gasteiger partial charge in [0.2, 0.25) is 0 Å². The molecule has 4 heteroatoms. The zero-order chi connectivity index (χ0) is 33.7. The first-order chi connectivity index (χ1) is 25.3. The van der Waals surface area contributed by atoms with Gasteiger partial charge >= 0.3 is 0 Å². The second-order valence-electron chi connectivity index (χ2n) is 12.7. The van der Waals surface area contributed by atoms with Crippen LogP contribution in [-0.2, 0) is 0 Å². The Bertz CT molecular complexity index is 2840. The van der Waals surface area contributed by atoms with Gasteiger partial charge in [-0.2, -0.15) is 0 Å². The average molecular weight is 671 g/mol. The number of thiazole rings is 1. The Hall–Kier alpha value is -6.49. The van der Waals surface area contributed by atoms with E-state index in [9.17, 15) is 0 Å². The van der Waals surface area contributed by atoms with Gasteiger partial charge in [-0.1, -0.05) is 133 Å². The second-order valence-corrected chi connectivity index (χ2v) is 13.7. The van der Waals surface area contributed by atoms with Crippen LogP contribution in [0.4, 0.5) is 17.1 Å². The molecule has 240 valence electrons. The standard InChI is InChI=1S/C47H30N2OS/c1-3-12-31(13-4-1)32-22-26-35(27-23-32)49(42-19-11-21-44-45(42)39-18-9-10-20-43(39)50-44)36-28-24-33(25-29-36)40-30-41-46(38-17-8-7-16-37(38)40)51-47(48-41)34-14-5-2-6-15-34/h1-30H. The maximum atomic E-state index is 6.34. The predicted octanol–water partition coefficient (Wildman–Crippen LogP) is 13.8. The fourth-order valence-corrected chi connectivity index (χ4v) is 8.38. The molecule has 8 aromatic carbocycles. The maximum Gasteiger partial charge on any atom is 0.137 e. The van der Waals surface area contributed by atoms with Crippen LogP contribution in [0.1, 0.15) is 0 Å². The summed E-state index contributed by atoms with van der Waals surface area (Å²) in [5.74, 6) is 0. The summed E-state index contributed by atoms with van der Waals surface area (Å²) in [5, 5.41) is 5.69. The maximum absolute atomic E-state index is 6.34. The van der Waals surface area contributed by atoms with Gasteiger partial charge in [0, 0.05) is 27.7 Å². The van der Waals surface area contributed by atoms with E-state index in [-0.39, 0.29) is 0 Å². The molecule has 3 nitrogen and oxygen atoms in total. The number of para-hydroxylation sites is 1. The molecule has 0 unspecified atom stereocenters. The van der Waals surface area contributed by atoms with Gasteiger partial charge in [0.05, 0.1) is 21.3 Å². The highest BCUT2D eigenvalue weighted by Crippen LogP contribution is 2.45. The van der Waals surface area contributed by atoms with E-state index in [4.69, 9.17) is 9.40 Å². The smallest absolute Gasteiger partial charge is 0.137 e. The van der Waals surface area contributed by atoms with Gasteiger partial charge in [-0.25, -0.2) is 4.98 Å². The molecule has 0 radical (unpaired) electrons. The lowest BCUT2D eigenvalue weighted by Gasteiger charge is -2.26. The molecule has 0 aliphatic carbocycles. The van der Waals surface area contributed by atoms with Crippen LogP contribution >= 0.6 is 11.3 Å². The zero-order valence-electron chi connectivity index (χ0n) is 27.5. The number of nitrogens with zero attached hydrogens (tertiary/aromatic N) is 2. The number of benzene rings is 8. The van der Waals surface area contributed by atoms with Crippen LogP contribution < -0.4 is 4.90 Å². The fraction of sp³-hybridized carbons (Fsp3) is 0. The van der Waals surface area contributed by atoms with E-state index in [0.29, 0.717) is 0 Å². The molecule has 0 N–H and O–H groups in total. The van der Waals surface area contributed by atoms with E-state index < -0.39 is 0 Å². The Labute approximate surface area is 299 Å². The van der Waals surface area contributed by atoms with Crippen LogP contribution in [0, 0.1) is 0 Å². The molecule has 0 aliphatic heterocycles. The van der Waals surface area contributed by atoms with Gasteiger partial charge in [0.25, 0.3) is 0 Å². The third kappa shape index (κ3) is 5.08. The first kappa shape index (κ1) is 29.4. The first-order valence-electron chi connectivity index (χ1n) is 17.1. The lowest BCUT2D eigenvalue weighted by molar-refractivity contribution is 0.669. The monoisotopic (exact) mass is 670 g/mol. The van der Waals surface area contributed by atoms with Gasteiger partial charge in [0.1, 0.15) is 16.2 Å². The number of furan rings is 1. The number of rotatable bonds is 6. The van der Waals surface area contributed by atoms with Crippen molar-refractivity contribution in [3.05, 3.63) is 182 Å². The minimum absolute atomic E-state index is 0.870. The SMILES string of the molecule is c1ccc(-c2ccc(N(c3ccc(-c4cc5nc(-c6ccccc6)sc5c5ccccc45)cc3)c3cccc4oc5ccccc5c34)cc2)cc1. The molecule has 2 aromatic heterocycles. The van der Waals surface area contributed by atoms with E-state index >= 15 is 0 Å². The Morgan fingerprint density at radius 2 is 1.02 bits per heavy atom. The van der Waals surface area contributed by atoms with Crippen molar-refractivity contribution in [1.82, 2.24) is 4.98 Å². The van der Waals surface area contributed by atoms with E-state index in [2.05, 4.69) is 169 Å². The van der Waals surface area contributed by atoms with Crippen LogP contribution in [0.3, 0.4) is 0 Å². The number of fused-ring (bicyclic) bond motifs is 6. The van der Waals surface area contributed by atoms with E-state index in [1.807, 2.05) is 18.2 Å². The topological polar surface area (TPSA) is 29.3 Å². The minimum atomic E-state index is 0.870. The summed E-state index contributed by atoms with van der Waals surface area (Å²) in [4.78, 5) is 7.47.